The van der Waals surface area contributed by atoms with Gasteiger partial charge in [0.05, 0.1) is 27.3 Å². The lowest BCUT2D eigenvalue weighted by atomic mass is 10.2. The van der Waals surface area contributed by atoms with E-state index in [0.717, 1.165) is 5.56 Å². The zero-order chi connectivity index (χ0) is 13.0. The molecule has 0 radical (unpaired) electrons. The van der Waals surface area contributed by atoms with Crippen LogP contribution in [0, 0.1) is 0 Å². The molecule has 2 N–H and O–H groups in total. The Kier molecular flexibility index (Phi) is 3.78. The Morgan fingerprint density at radius 3 is 2.61 bits per heavy atom. The second-order valence-electron chi connectivity index (χ2n) is 3.75. The molecule has 0 saturated carbocycles. The molecule has 96 valence electrons. The van der Waals surface area contributed by atoms with Crippen molar-refractivity contribution in [3.05, 3.63) is 35.9 Å². The standard InChI is InChI=1S/C12H16N4O2/c1-17-10-4-3-9(5-11(10)18-2)7-16-8-14-12(6-13)15-16/h3-5,8H,6-7,13H2,1-2H3. The van der Waals surface area contributed by atoms with Crippen molar-refractivity contribution in [2.75, 3.05) is 14.2 Å². The van der Waals surface area contributed by atoms with Crippen LogP contribution in [0.15, 0.2) is 24.5 Å². The van der Waals surface area contributed by atoms with Crippen molar-refractivity contribution in [1.82, 2.24) is 14.8 Å². The van der Waals surface area contributed by atoms with Crippen LogP contribution in [0.5, 0.6) is 11.5 Å². The number of nitrogens with zero attached hydrogens (tertiary/aromatic N) is 3. The van der Waals surface area contributed by atoms with Gasteiger partial charge in [-0.05, 0) is 17.7 Å². The molecule has 2 aromatic rings. The Hall–Kier alpha value is -2.08. The van der Waals surface area contributed by atoms with Gasteiger partial charge in [0, 0.05) is 0 Å². The van der Waals surface area contributed by atoms with E-state index in [2.05, 4.69) is 10.1 Å². The minimum Gasteiger partial charge on any atom is -0.493 e. The first-order valence-corrected chi connectivity index (χ1v) is 5.56. The predicted molar refractivity (Wildman–Crippen MR) is 66.6 cm³/mol. The van der Waals surface area contributed by atoms with Gasteiger partial charge >= 0.3 is 0 Å². The quantitative estimate of drug-likeness (QED) is 0.847. The van der Waals surface area contributed by atoms with Crippen molar-refractivity contribution < 1.29 is 9.47 Å². The first-order valence-electron chi connectivity index (χ1n) is 5.56. The number of aromatic nitrogens is 3. The lowest BCUT2D eigenvalue weighted by molar-refractivity contribution is 0.354. The van der Waals surface area contributed by atoms with Crippen molar-refractivity contribution >= 4 is 0 Å². The fraction of sp³-hybridized carbons (Fsp3) is 0.333. The van der Waals surface area contributed by atoms with Gasteiger partial charge in [-0.2, -0.15) is 5.10 Å². The Bertz CT molecular complexity index is 525. The molecular formula is C12H16N4O2. The van der Waals surface area contributed by atoms with Crippen LogP contribution in [-0.4, -0.2) is 29.0 Å². The van der Waals surface area contributed by atoms with E-state index in [4.69, 9.17) is 15.2 Å². The molecule has 2 rings (SSSR count). The smallest absolute Gasteiger partial charge is 0.164 e. The van der Waals surface area contributed by atoms with E-state index in [-0.39, 0.29) is 0 Å². The first kappa shape index (κ1) is 12.4. The summed E-state index contributed by atoms with van der Waals surface area (Å²) in [5, 5.41) is 4.23. The molecule has 1 heterocycles. The van der Waals surface area contributed by atoms with Gasteiger partial charge in [-0.25, -0.2) is 9.67 Å². The van der Waals surface area contributed by atoms with Gasteiger partial charge in [-0.3, -0.25) is 0 Å². The van der Waals surface area contributed by atoms with Crippen LogP contribution < -0.4 is 15.2 Å². The normalized spacial score (nSPS) is 10.4. The highest BCUT2D eigenvalue weighted by molar-refractivity contribution is 5.42. The molecule has 1 aromatic carbocycles. The van der Waals surface area contributed by atoms with Crippen molar-refractivity contribution in [3.63, 3.8) is 0 Å². The summed E-state index contributed by atoms with van der Waals surface area (Å²) < 4.78 is 12.2. The van der Waals surface area contributed by atoms with Gasteiger partial charge in [0.25, 0.3) is 0 Å². The lowest BCUT2D eigenvalue weighted by Crippen LogP contribution is -2.04. The minimum absolute atomic E-state index is 0.346. The topological polar surface area (TPSA) is 75.2 Å². The first-order chi connectivity index (χ1) is 8.76. The summed E-state index contributed by atoms with van der Waals surface area (Å²) in [6, 6.07) is 5.75. The van der Waals surface area contributed by atoms with E-state index >= 15 is 0 Å². The zero-order valence-electron chi connectivity index (χ0n) is 10.5. The number of hydrogen-bond donors (Lipinski definition) is 1. The second-order valence-corrected chi connectivity index (χ2v) is 3.75. The summed E-state index contributed by atoms with van der Waals surface area (Å²) in [4.78, 5) is 4.08. The molecule has 0 fully saturated rings. The van der Waals surface area contributed by atoms with Gasteiger partial charge in [0.1, 0.15) is 6.33 Å². The van der Waals surface area contributed by atoms with Crippen LogP contribution >= 0.6 is 0 Å². The predicted octanol–water partition coefficient (Wildman–Crippen LogP) is 0.802. The Balaban J connectivity index is 2.18. The van der Waals surface area contributed by atoms with Gasteiger partial charge < -0.3 is 15.2 Å². The summed E-state index contributed by atoms with van der Waals surface area (Å²) >= 11 is 0. The number of nitrogens with two attached hydrogens (primary N) is 1. The van der Waals surface area contributed by atoms with Crippen LogP contribution in [0.25, 0.3) is 0 Å². The summed E-state index contributed by atoms with van der Waals surface area (Å²) in [6.45, 7) is 0.965. The number of benzene rings is 1. The monoisotopic (exact) mass is 248 g/mol. The number of ether oxygens (including phenoxy) is 2. The van der Waals surface area contributed by atoms with Crippen LogP contribution in [0.4, 0.5) is 0 Å². The third-order valence-electron chi connectivity index (χ3n) is 2.56. The zero-order valence-corrected chi connectivity index (χ0v) is 10.5. The van der Waals surface area contributed by atoms with E-state index in [1.54, 1.807) is 25.2 Å². The summed E-state index contributed by atoms with van der Waals surface area (Å²) in [6.07, 6.45) is 1.67. The maximum absolute atomic E-state index is 5.47. The Morgan fingerprint density at radius 2 is 2.00 bits per heavy atom. The maximum atomic E-state index is 5.47. The average molecular weight is 248 g/mol. The summed E-state index contributed by atoms with van der Waals surface area (Å²) in [5.74, 6) is 2.05. The SMILES string of the molecule is COc1ccc(Cn2cnc(CN)n2)cc1OC. The van der Waals surface area contributed by atoms with Gasteiger partial charge in [0.15, 0.2) is 17.3 Å². The lowest BCUT2D eigenvalue weighted by Gasteiger charge is -2.09. The summed E-state index contributed by atoms with van der Waals surface area (Å²) in [5.41, 5.74) is 6.52. The maximum Gasteiger partial charge on any atom is 0.164 e. The van der Waals surface area contributed by atoms with Crippen LogP contribution in [0.2, 0.25) is 0 Å². The van der Waals surface area contributed by atoms with E-state index < -0.39 is 0 Å². The molecule has 18 heavy (non-hydrogen) atoms. The van der Waals surface area contributed by atoms with Crippen LogP contribution in [0.3, 0.4) is 0 Å². The highest BCUT2D eigenvalue weighted by atomic mass is 16.5. The summed E-state index contributed by atoms with van der Waals surface area (Å²) in [7, 11) is 3.23. The van der Waals surface area contributed by atoms with Crippen molar-refractivity contribution in [1.29, 1.82) is 0 Å². The van der Waals surface area contributed by atoms with Crippen molar-refractivity contribution in [2.45, 2.75) is 13.1 Å². The van der Waals surface area contributed by atoms with Crippen molar-refractivity contribution in [3.8, 4) is 11.5 Å². The molecule has 0 aliphatic carbocycles. The Labute approximate surface area is 105 Å². The number of hydrogen-bond acceptors (Lipinski definition) is 5. The molecular weight excluding hydrogens is 232 g/mol. The molecule has 0 aliphatic rings. The molecule has 0 unspecified atom stereocenters. The van der Waals surface area contributed by atoms with E-state index in [1.165, 1.54) is 0 Å². The second kappa shape index (κ2) is 5.50. The van der Waals surface area contributed by atoms with E-state index in [0.29, 0.717) is 30.4 Å². The molecule has 6 heteroatoms. The van der Waals surface area contributed by atoms with Crippen LogP contribution in [0.1, 0.15) is 11.4 Å². The highest BCUT2D eigenvalue weighted by Crippen LogP contribution is 2.27. The van der Waals surface area contributed by atoms with Crippen LogP contribution in [-0.2, 0) is 13.1 Å². The molecule has 0 bridgehead atoms. The largest absolute Gasteiger partial charge is 0.493 e. The molecule has 1 aromatic heterocycles. The molecule has 0 spiro atoms. The third-order valence-corrected chi connectivity index (χ3v) is 2.56. The molecule has 6 nitrogen and oxygen atoms in total. The number of methoxy groups -OCH3 is 2. The highest BCUT2D eigenvalue weighted by Gasteiger charge is 2.06. The third kappa shape index (κ3) is 2.60. The molecule has 0 saturated heterocycles. The average Bonchev–Trinajstić information content (AvgIpc) is 2.86. The molecule has 0 aliphatic heterocycles. The molecule has 0 atom stereocenters. The molecule has 0 amide bonds. The van der Waals surface area contributed by atoms with Gasteiger partial charge in [0.2, 0.25) is 0 Å². The minimum atomic E-state index is 0.346. The van der Waals surface area contributed by atoms with E-state index in [1.807, 2.05) is 18.2 Å². The van der Waals surface area contributed by atoms with E-state index in [9.17, 15) is 0 Å². The number of rotatable bonds is 5. The Morgan fingerprint density at radius 1 is 1.22 bits per heavy atom. The van der Waals surface area contributed by atoms with Crippen molar-refractivity contribution in [2.24, 2.45) is 5.73 Å². The van der Waals surface area contributed by atoms with Gasteiger partial charge in [-0.1, -0.05) is 6.07 Å². The fourth-order valence-corrected chi connectivity index (χ4v) is 1.67. The van der Waals surface area contributed by atoms with Gasteiger partial charge in [-0.15, -0.1) is 0 Å². The fourth-order valence-electron chi connectivity index (χ4n) is 1.67.